The van der Waals surface area contributed by atoms with Crippen LogP contribution in [0.4, 0.5) is 50.8 Å². The summed E-state index contributed by atoms with van der Waals surface area (Å²) < 4.78 is 34.2. The fourth-order valence-electron chi connectivity index (χ4n) is 3.80. The van der Waals surface area contributed by atoms with Crippen molar-refractivity contribution >= 4 is 73.8 Å². The molecule has 16 nitrogen and oxygen atoms in total. The summed E-state index contributed by atoms with van der Waals surface area (Å²) in [5.41, 5.74) is 7.56. The van der Waals surface area contributed by atoms with Gasteiger partial charge in [0, 0.05) is 18.3 Å². The van der Waals surface area contributed by atoms with E-state index in [4.69, 9.17) is 17.3 Å². The van der Waals surface area contributed by atoms with E-state index in [0.29, 0.717) is 17.9 Å². The van der Waals surface area contributed by atoms with E-state index in [-0.39, 0.29) is 46.0 Å². The number of nitrogens with zero attached hydrogens (tertiary/aromatic N) is 7. The number of nitrogens with two attached hydrogens (primary N) is 1. The van der Waals surface area contributed by atoms with E-state index in [1.165, 1.54) is 24.3 Å². The van der Waals surface area contributed by atoms with Gasteiger partial charge in [-0.2, -0.15) is 33.6 Å². The minimum absolute atomic E-state index is 0.00191. The maximum atomic E-state index is 12.2. The molecule has 0 spiro atoms. The van der Waals surface area contributed by atoms with E-state index in [1.807, 2.05) is 33.0 Å². The van der Waals surface area contributed by atoms with Gasteiger partial charge in [0.1, 0.15) is 16.3 Å². The monoisotopic (exact) mass is 652 g/mol. The first-order valence-electron chi connectivity index (χ1n) is 13.2. The molecule has 45 heavy (non-hydrogen) atoms. The van der Waals surface area contributed by atoms with Gasteiger partial charge >= 0.3 is 6.03 Å². The highest BCUT2D eigenvalue weighted by molar-refractivity contribution is 7.86. The van der Waals surface area contributed by atoms with Crippen molar-refractivity contribution < 1.29 is 17.8 Å². The number of aromatic nitrogens is 3. The lowest BCUT2D eigenvalue weighted by molar-refractivity contribution is 0.259. The predicted octanol–water partition coefficient (Wildman–Crippen LogP) is 6.16. The Morgan fingerprint density at radius 3 is 2.27 bits per heavy atom. The molecule has 2 amide bonds. The van der Waals surface area contributed by atoms with Crippen molar-refractivity contribution in [2.24, 2.45) is 26.2 Å². The molecule has 1 atom stereocenters. The van der Waals surface area contributed by atoms with E-state index < -0.39 is 21.0 Å². The van der Waals surface area contributed by atoms with Crippen LogP contribution in [0.1, 0.15) is 12.5 Å². The SMILES string of the molecule is CNCC(C)Nc1nc(Cl)nc(Nc2ccc(N=Nc3ccc(N=Nc4ccc(C)cc4)cc3S(=O)(=O)O)c(NC(N)=O)c2)n1. The second-order valence-corrected chi connectivity index (χ2v) is 11.3. The van der Waals surface area contributed by atoms with Crippen LogP contribution in [0.3, 0.4) is 0 Å². The summed E-state index contributed by atoms with van der Waals surface area (Å²) in [7, 11) is -2.91. The molecule has 1 unspecified atom stereocenters. The number of nitrogens with one attached hydrogen (secondary N) is 4. The van der Waals surface area contributed by atoms with Gasteiger partial charge in [0.25, 0.3) is 10.1 Å². The number of halogens is 1. The van der Waals surface area contributed by atoms with E-state index in [0.717, 1.165) is 11.6 Å². The van der Waals surface area contributed by atoms with Crippen molar-refractivity contribution in [3.8, 4) is 0 Å². The highest BCUT2D eigenvalue weighted by Crippen LogP contribution is 2.34. The van der Waals surface area contributed by atoms with E-state index in [2.05, 4.69) is 56.7 Å². The first kappa shape index (κ1) is 32.8. The van der Waals surface area contributed by atoms with Gasteiger partial charge < -0.3 is 27.0 Å². The summed E-state index contributed by atoms with van der Waals surface area (Å²) in [6.45, 7) is 4.51. The first-order chi connectivity index (χ1) is 21.4. The van der Waals surface area contributed by atoms with Gasteiger partial charge in [0.05, 0.1) is 17.1 Å². The number of azo groups is 2. The summed E-state index contributed by atoms with van der Waals surface area (Å²) in [4.78, 5) is 23.6. The number of primary amides is 1. The molecule has 0 radical (unpaired) electrons. The van der Waals surface area contributed by atoms with Gasteiger partial charge in [-0.1, -0.05) is 17.7 Å². The van der Waals surface area contributed by atoms with Crippen molar-refractivity contribution in [1.29, 1.82) is 0 Å². The highest BCUT2D eigenvalue weighted by Gasteiger charge is 2.17. The van der Waals surface area contributed by atoms with Crippen molar-refractivity contribution in [3.05, 3.63) is 71.5 Å². The average molecular weight is 653 g/mol. The smallest absolute Gasteiger partial charge is 0.316 e. The standard InChI is InChI=1S/C27H29ClN12O4S/c1-15-4-6-17(7-5-15)37-38-19-9-11-21(23(13-19)45(42,43)44)40-39-20-10-8-18(12-22(20)33-25(29)41)32-27-35-24(28)34-26(36-27)31-16(2)14-30-3/h4-13,16,30H,14H2,1-3H3,(H3,29,33,41)(H,42,43,44)(H2,31,32,34,35,36). The van der Waals surface area contributed by atoms with Crippen LogP contribution in [0.5, 0.6) is 0 Å². The van der Waals surface area contributed by atoms with E-state index >= 15 is 0 Å². The molecule has 18 heteroatoms. The topological polar surface area (TPSA) is 234 Å². The van der Waals surface area contributed by atoms with Crippen molar-refractivity contribution in [3.63, 3.8) is 0 Å². The molecule has 0 bridgehead atoms. The van der Waals surface area contributed by atoms with Crippen LogP contribution in [0, 0.1) is 6.92 Å². The van der Waals surface area contributed by atoms with Crippen molar-refractivity contribution in [1.82, 2.24) is 20.3 Å². The van der Waals surface area contributed by atoms with Gasteiger partial charge in [0.2, 0.25) is 17.2 Å². The van der Waals surface area contributed by atoms with Gasteiger partial charge in [0.15, 0.2) is 0 Å². The molecule has 4 rings (SSSR count). The zero-order chi connectivity index (χ0) is 32.6. The number of urea groups is 1. The lowest BCUT2D eigenvalue weighted by Gasteiger charge is -2.14. The largest absolute Gasteiger partial charge is 0.351 e. The normalized spacial score (nSPS) is 12.4. The molecule has 0 saturated heterocycles. The van der Waals surface area contributed by atoms with Crippen LogP contribution in [-0.4, -0.2) is 53.6 Å². The van der Waals surface area contributed by atoms with Crippen LogP contribution < -0.4 is 27.0 Å². The fraction of sp³-hybridized carbons (Fsp3) is 0.185. The molecule has 1 heterocycles. The van der Waals surface area contributed by atoms with Crippen LogP contribution in [0.2, 0.25) is 5.28 Å². The van der Waals surface area contributed by atoms with E-state index in [9.17, 15) is 17.8 Å². The van der Waals surface area contributed by atoms with Crippen LogP contribution in [0.25, 0.3) is 0 Å². The quantitative estimate of drug-likeness (QED) is 0.0752. The van der Waals surface area contributed by atoms with Crippen LogP contribution in [0.15, 0.2) is 86.0 Å². The number of likely N-dealkylation sites (N-methyl/N-ethyl adjacent to an activating group) is 1. The summed E-state index contributed by atoms with van der Waals surface area (Å²) in [6, 6.07) is 14.7. The zero-order valence-electron chi connectivity index (χ0n) is 24.2. The molecule has 3 aromatic carbocycles. The Morgan fingerprint density at radius 1 is 0.933 bits per heavy atom. The molecule has 1 aromatic heterocycles. The minimum Gasteiger partial charge on any atom is -0.351 e. The molecule has 0 fully saturated rings. The van der Waals surface area contributed by atoms with Gasteiger partial charge in [-0.05, 0) is 81.0 Å². The third-order valence-electron chi connectivity index (χ3n) is 5.81. The molecular weight excluding hydrogens is 624 g/mol. The van der Waals surface area contributed by atoms with E-state index in [1.54, 1.807) is 18.2 Å². The number of anilines is 4. The number of hydrogen-bond acceptors (Lipinski definition) is 13. The molecule has 0 aliphatic rings. The predicted molar refractivity (Wildman–Crippen MR) is 171 cm³/mol. The van der Waals surface area contributed by atoms with Gasteiger partial charge in [-0.3, -0.25) is 4.55 Å². The summed E-state index contributed by atoms with van der Waals surface area (Å²) in [6.07, 6.45) is 0. The maximum absolute atomic E-state index is 12.2. The van der Waals surface area contributed by atoms with Gasteiger partial charge in [-0.15, -0.1) is 10.2 Å². The maximum Gasteiger partial charge on any atom is 0.316 e. The second-order valence-electron chi connectivity index (χ2n) is 9.56. The lowest BCUT2D eigenvalue weighted by Crippen LogP contribution is -2.28. The van der Waals surface area contributed by atoms with Gasteiger partial charge in [-0.25, -0.2) is 4.79 Å². The molecule has 0 aliphatic heterocycles. The third-order valence-corrected chi connectivity index (χ3v) is 6.86. The lowest BCUT2D eigenvalue weighted by atomic mass is 10.2. The third kappa shape index (κ3) is 9.70. The van der Waals surface area contributed by atoms with Crippen molar-refractivity contribution in [2.75, 3.05) is 29.5 Å². The first-order valence-corrected chi connectivity index (χ1v) is 15.0. The highest BCUT2D eigenvalue weighted by atomic mass is 35.5. The van der Waals surface area contributed by atoms with Crippen LogP contribution in [-0.2, 0) is 10.1 Å². The van der Waals surface area contributed by atoms with Crippen LogP contribution >= 0.6 is 11.6 Å². The number of rotatable bonds is 12. The number of hydrogen-bond donors (Lipinski definition) is 6. The van der Waals surface area contributed by atoms with Crippen molar-refractivity contribution in [2.45, 2.75) is 24.8 Å². The Balaban J connectivity index is 1.61. The Kier molecular flexibility index (Phi) is 10.6. The minimum atomic E-state index is -4.73. The Hall–Kier alpha value is -5.10. The Morgan fingerprint density at radius 2 is 1.58 bits per heavy atom. The molecule has 4 aromatic rings. The average Bonchev–Trinajstić information content (AvgIpc) is 2.96. The number of amides is 2. The second kappa shape index (κ2) is 14.6. The number of carbonyl (C=O) groups excluding carboxylic acids is 1. The number of aryl methyl sites for hydroxylation is 1. The Labute approximate surface area is 263 Å². The molecule has 7 N–H and O–H groups in total. The molecular formula is C27H29ClN12O4S. The summed E-state index contributed by atoms with van der Waals surface area (Å²) in [5.74, 6) is 0.365. The summed E-state index contributed by atoms with van der Waals surface area (Å²) in [5, 5.41) is 27.7. The molecule has 0 saturated carbocycles. The number of benzene rings is 3. The molecule has 234 valence electrons. The number of carbonyl (C=O) groups is 1. The Bertz CT molecular complexity index is 1850. The zero-order valence-corrected chi connectivity index (χ0v) is 25.8. The fourth-order valence-corrected chi connectivity index (χ4v) is 4.60. The molecule has 0 aliphatic carbocycles. The summed E-state index contributed by atoms with van der Waals surface area (Å²) >= 11 is 6.08.